The monoisotopic (exact) mass is 272 g/mol. The summed E-state index contributed by atoms with van der Waals surface area (Å²) >= 11 is 0. The molecule has 1 aliphatic rings. The van der Waals surface area contributed by atoms with Crippen molar-refractivity contribution < 1.29 is 24.2 Å². The van der Waals surface area contributed by atoms with Crippen molar-refractivity contribution in [2.45, 2.75) is 38.1 Å². The molecule has 0 aromatic heterocycles. The van der Waals surface area contributed by atoms with Gasteiger partial charge in [0.25, 0.3) is 0 Å². The number of ether oxygens (including phenoxy) is 1. The van der Waals surface area contributed by atoms with E-state index < -0.39 is 23.5 Å². The second-order valence-corrected chi connectivity index (χ2v) is 4.72. The summed E-state index contributed by atoms with van der Waals surface area (Å²) in [5.74, 6) is -1.44. The standard InChI is InChI=1S/C12H20N2O5/c1-3-14(8-10(17)19-2)11(18)13-12(5-4-6-12)7-9(15)16/h3-8H2,1-2H3,(H,13,18)(H,15,16). The number of carbonyl (C=O) groups is 3. The molecule has 0 unspecified atom stereocenters. The Balaban J connectivity index is 2.60. The zero-order chi connectivity index (χ0) is 14.5. The molecule has 0 atom stereocenters. The van der Waals surface area contributed by atoms with Crippen LogP contribution in [0, 0.1) is 0 Å². The topological polar surface area (TPSA) is 95.9 Å². The van der Waals surface area contributed by atoms with Gasteiger partial charge in [-0.1, -0.05) is 0 Å². The van der Waals surface area contributed by atoms with E-state index in [1.54, 1.807) is 6.92 Å². The highest BCUT2D eigenvalue weighted by atomic mass is 16.5. The van der Waals surface area contributed by atoms with Crippen LogP contribution in [0.15, 0.2) is 0 Å². The Morgan fingerprint density at radius 1 is 1.37 bits per heavy atom. The summed E-state index contributed by atoms with van der Waals surface area (Å²) in [4.78, 5) is 35.3. The molecule has 1 aliphatic carbocycles. The lowest BCUT2D eigenvalue weighted by Crippen LogP contribution is -2.58. The van der Waals surface area contributed by atoms with E-state index in [1.165, 1.54) is 12.0 Å². The van der Waals surface area contributed by atoms with Gasteiger partial charge in [0.05, 0.1) is 19.1 Å². The normalized spacial score (nSPS) is 16.1. The first kappa shape index (κ1) is 15.3. The van der Waals surface area contributed by atoms with Crippen molar-refractivity contribution in [3.05, 3.63) is 0 Å². The van der Waals surface area contributed by atoms with E-state index in [4.69, 9.17) is 5.11 Å². The van der Waals surface area contributed by atoms with Crippen molar-refractivity contribution >= 4 is 18.0 Å². The van der Waals surface area contributed by atoms with Crippen LogP contribution in [0.2, 0.25) is 0 Å². The number of carbonyl (C=O) groups excluding carboxylic acids is 2. The zero-order valence-corrected chi connectivity index (χ0v) is 11.3. The van der Waals surface area contributed by atoms with Crippen LogP contribution in [0.1, 0.15) is 32.6 Å². The van der Waals surface area contributed by atoms with E-state index in [0.29, 0.717) is 19.4 Å². The fraction of sp³-hybridized carbons (Fsp3) is 0.750. The summed E-state index contributed by atoms with van der Waals surface area (Å²) in [7, 11) is 1.26. The molecule has 7 heteroatoms. The lowest BCUT2D eigenvalue weighted by molar-refractivity contribution is -0.142. The Kier molecular flexibility index (Phi) is 5.14. The molecule has 2 amide bonds. The van der Waals surface area contributed by atoms with Crippen molar-refractivity contribution in [3.8, 4) is 0 Å². The molecule has 0 saturated heterocycles. The summed E-state index contributed by atoms with van der Waals surface area (Å²) in [5.41, 5.74) is -0.660. The highest BCUT2D eigenvalue weighted by molar-refractivity contribution is 5.82. The SMILES string of the molecule is CCN(CC(=O)OC)C(=O)NC1(CC(=O)O)CCC1. The predicted molar refractivity (Wildman–Crippen MR) is 66.6 cm³/mol. The summed E-state index contributed by atoms with van der Waals surface area (Å²) < 4.78 is 4.51. The Hall–Kier alpha value is -1.79. The first-order chi connectivity index (χ1) is 8.92. The molecule has 1 fully saturated rings. The summed E-state index contributed by atoms with van der Waals surface area (Å²) in [6.45, 7) is 1.96. The van der Waals surface area contributed by atoms with Crippen molar-refractivity contribution in [2.24, 2.45) is 0 Å². The van der Waals surface area contributed by atoms with Crippen LogP contribution in [0.25, 0.3) is 0 Å². The van der Waals surface area contributed by atoms with Gasteiger partial charge >= 0.3 is 18.0 Å². The number of hydrogen-bond acceptors (Lipinski definition) is 4. The number of nitrogens with zero attached hydrogens (tertiary/aromatic N) is 1. The average molecular weight is 272 g/mol. The summed E-state index contributed by atoms with van der Waals surface area (Å²) in [5, 5.41) is 11.6. The van der Waals surface area contributed by atoms with E-state index in [9.17, 15) is 14.4 Å². The van der Waals surface area contributed by atoms with Crippen LogP contribution in [-0.4, -0.2) is 53.7 Å². The third-order valence-corrected chi connectivity index (χ3v) is 3.39. The molecule has 0 heterocycles. The number of nitrogens with one attached hydrogen (secondary N) is 1. The van der Waals surface area contributed by atoms with Crippen LogP contribution in [-0.2, 0) is 14.3 Å². The highest BCUT2D eigenvalue weighted by Gasteiger charge is 2.41. The molecular formula is C12H20N2O5. The van der Waals surface area contributed by atoms with Crippen LogP contribution >= 0.6 is 0 Å². The maximum Gasteiger partial charge on any atom is 0.325 e. The third-order valence-electron chi connectivity index (χ3n) is 3.39. The van der Waals surface area contributed by atoms with Gasteiger partial charge in [0, 0.05) is 6.54 Å². The van der Waals surface area contributed by atoms with E-state index in [1.807, 2.05) is 0 Å². The Bertz CT molecular complexity index is 365. The number of carboxylic acid groups (broad SMARTS) is 1. The second kappa shape index (κ2) is 6.40. The molecule has 2 N–H and O–H groups in total. The van der Waals surface area contributed by atoms with Crippen molar-refractivity contribution in [1.29, 1.82) is 0 Å². The van der Waals surface area contributed by atoms with Gasteiger partial charge in [0.2, 0.25) is 0 Å². The van der Waals surface area contributed by atoms with Gasteiger partial charge in [-0.25, -0.2) is 4.79 Å². The highest BCUT2D eigenvalue weighted by Crippen LogP contribution is 2.35. The minimum Gasteiger partial charge on any atom is -0.481 e. The summed E-state index contributed by atoms with van der Waals surface area (Å²) in [6.07, 6.45) is 2.12. The fourth-order valence-electron chi connectivity index (χ4n) is 2.09. The van der Waals surface area contributed by atoms with Crippen LogP contribution in [0.5, 0.6) is 0 Å². The first-order valence-corrected chi connectivity index (χ1v) is 6.28. The minimum absolute atomic E-state index is 0.0888. The number of amides is 2. The lowest BCUT2D eigenvalue weighted by atomic mass is 9.74. The van der Waals surface area contributed by atoms with E-state index in [0.717, 1.165) is 6.42 Å². The smallest absolute Gasteiger partial charge is 0.325 e. The summed E-state index contributed by atoms with van der Waals surface area (Å²) in [6, 6.07) is -0.422. The number of esters is 1. The number of urea groups is 1. The zero-order valence-electron chi connectivity index (χ0n) is 11.3. The van der Waals surface area contributed by atoms with E-state index in [2.05, 4.69) is 10.1 Å². The van der Waals surface area contributed by atoms with Gasteiger partial charge < -0.3 is 20.1 Å². The molecular weight excluding hydrogens is 252 g/mol. The Morgan fingerprint density at radius 3 is 2.37 bits per heavy atom. The van der Waals surface area contributed by atoms with Gasteiger partial charge in [-0.2, -0.15) is 0 Å². The quantitative estimate of drug-likeness (QED) is 0.690. The second-order valence-electron chi connectivity index (χ2n) is 4.72. The van der Waals surface area contributed by atoms with Crippen molar-refractivity contribution in [1.82, 2.24) is 10.2 Å². The molecule has 1 rings (SSSR count). The number of aliphatic carboxylic acids is 1. The molecule has 0 radical (unpaired) electrons. The number of carboxylic acids is 1. The maximum atomic E-state index is 12.0. The fourth-order valence-corrected chi connectivity index (χ4v) is 2.09. The molecule has 0 aromatic rings. The molecule has 7 nitrogen and oxygen atoms in total. The van der Waals surface area contributed by atoms with Gasteiger partial charge in [0.1, 0.15) is 6.54 Å². The van der Waals surface area contributed by atoms with Gasteiger partial charge in [-0.3, -0.25) is 9.59 Å². The number of methoxy groups -OCH3 is 1. The predicted octanol–water partition coefficient (Wildman–Crippen LogP) is 0.588. The molecule has 19 heavy (non-hydrogen) atoms. The third kappa shape index (κ3) is 4.11. The molecule has 1 saturated carbocycles. The first-order valence-electron chi connectivity index (χ1n) is 6.28. The number of rotatable bonds is 6. The van der Waals surface area contributed by atoms with Gasteiger partial charge in [-0.05, 0) is 26.2 Å². The van der Waals surface area contributed by atoms with Crippen LogP contribution < -0.4 is 5.32 Å². The minimum atomic E-state index is -0.934. The Morgan fingerprint density at radius 2 is 2.00 bits per heavy atom. The molecule has 0 spiro atoms. The molecule has 0 aromatic carbocycles. The van der Waals surface area contributed by atoms with Gasteiger partial charge in [0.15, 0.2) is 0 Å². The molecule has 0 aliphatic heterocycles. The average Bonchev–Trinajstić information content (AvgIpc) is 2.31. The molecule has 108 valence electrons. The maximum absolute atomic E-state index is 12.0. The van der Waals surface area contributed by atoms with Crippen molar-refractivity contribution in [2.75, 3.05) is 20.2 Å². The molecule has 0 bridgehead atoms. The van der Waals surface area contributed by atoms with Crippen LogP contribution in [0.3, 0.4) is 0 Å². The van der Waals surface area contributed by atoms with Gasteiger partial charge in [-0.15, -0.1) is 0 Å². The van der Waals surface area contributed by atoms with E-state index in [-0.39, 0.29) is 13.0 Å². The number of likely N-dealkylation sites (N-methyl/N-ethyl adjacent to an activating group) is 1. The van der Waals surface area contributed by atoms with Crippen molar-refractivity contribution in [3.63, 3.8) is 0 Å². The lowest BCUT2D eigenvalue weighted by Gasteiger charge is -2.42. The van der Waals surface area contributed by atoms with Crippen LogP contribution in [0.4, 0.5) is 4.79 Å². The largest absolute Gasteiger partial charge is 0.481 e. The number of hydrogen-bond donors (Lipinski definition) is 2. The Labute approximate surface area is 111 Å². The van der Waals surface area contributed by atoms with E-state index >= 15 is 0 Å².